The van der Waals surface area contributed by atoms with Gasteiger partial charge in [-0.1, -0.05) is 17.7 Å². The van der Waals surface area contributed by atoms with Crippen molar-refractivity contribution < 1.29 is 19.1 Å². The van der Waals surface area contributed by atoms with Gasteiger partial charge in [0, 0.05) is 5.38 Å². The maximum atomic E-state index is 12.2. The molecule has 2 aromatic rings. The first-order valence-electron chi connectivity index (χ1n) is 7.62. The van der Waals surface area contributed by atoms with Crippen LogP contribution in [0.2, 0.25) is 0 Å². The zero-order valence-electron chi connectivity index (χ0n) is 13.9. The summed E-state index contributed by atoms with van der Waals surface area (Å²) in [5.41, 5.74) is 1.69. The minimum atomic E-state index is -0.662. The first-order chi connectivity index (χ1) is 11.5. The lowest BCUT2D eigenvalue weighted by atomic mass is 10.2. The van der Waals surface area contributed by atoms with E-state index >= 15 is 0 Å². The highest BCUT2D eigenvalue weighted by atomic mass is 32.1. The second-order valence-corrected chi connectivity index (χ2v) is 6.05. The molecular weight excluding hydrogens is 328 g/mol. The number of thiazole rings is 1. The van der Waals surface area contributed by atoms with Gasteiger partial charge in [-0.25, -0.2) is 4.98 Å². The van der Waals surface area contributed by atoms with Gasteiger partial charge in [-0.15, -0.1) is 11.3 Å². The third-order valence-electron chi connectivity index (χ3n) is 3.12. The molecule has 2 rings (SSSR count). The molecule has 1 atom stereocenters. The Morgan fingerprint density at radius 1 is 1.29 bits per heavy atom. The Morgan fingerprint density at radius 3 is 2.67 bits per heavy atom. The lowest BCUT2D eigenvalue weighted by molar-refractivity contribution is -0.142. The van der Waals surface area contributed by atoms with Gasteiger partial charge in [0.2, 0.25) is 0 Å². The van der Waals surface area contributed by atoms with Gasteiger partial charge in [-0.05, 0) is 32.9 Å². The van der Waals surface area contributed by atoms with Crippen LogP contribution in [-0.4, -0.2) is 29.6 Å². The Bertz CT molecular complexity index is 697. The van der Waals surface area contributed by atoms with Crippen LogP contribution in [-0.2, 0) is 20.7 Å². The molecule has 0 saturated carbocycles. The zero-order chi connectivity index (χ0) is 17.5. The Hall–Kier alpha value is -2.41. The van der Waals surface area contributed by atoms with E-state index in [9.17, 15) is 9.59 Å². The number of anilines is 1. The van der Waals surface area contributed by atoms with Gasteiger partial charge in [0.1, 0.15) is 5.75 Å². The quantitative estimate of drug-likeness (QED) is 0.779. The predicted molar refractivity (Wildman–Crippen MR) is 92.3 cm³/mol. The highest BCUT2D eigenvalue weighted by Gasteiger charge is 2.17. The SMILES string of the molecule is CCOC(=O)Cc1csc(NC(=O)C(C)Oc2ccc(C)cc2)n1. The average Bonchev–Trinajstić information content (AvgIpc) is 2.96. The molecular formula is C17H20N2O4S. The van der Waals surface area contributed by atoms with E-state index in [0.29, 0.717) is 23.2 Å². The summed E-state index contributed by atoms with van der Waals surface area (Å²) in [5.74, 6) is -0.00486. The number of rotatable bonds is 7. The van der Waals surface area contributed by atoms with Gasteiger partial charge in [0.05, 0.1) is 18.7 Å². The van der Waals surface area contributed by atoms with E-state index in [1.54, 1.807) is 19.2 Å². The van der Waals surface area contributed by atoms with Crippen molar-refractivity contribution in [3.63, 3.8) is 0 Å². The van der Waals surface area contributed by atoms with Gasteiger partial charge in [-0.2, -0.15) is 0 Å². The Balaban J connectivity index is 1.88. The van der Waals surface area contributed by atoms with Gasteiger partial charge < -0.3 is 9.47 Å². The fourth-order valence-corrected chi connectivity index (χ4v) is 2.60. The van der Waals surface area contributed by atoms with Crippen molar-refractivity contribution >= 4 is 28.3 Å². The van der Waals surface area contributed by atoms with Crippen molar-refractivity contribution in [3.05, 3.63) is 40.9 Å². The minimum absolute atomic E-state index is 0.0929. The van der Waals surface area contributed by atoms with Crippen molar-refractivity contribution in [3.8, 4) is 5.75 Å². The smallest absolute Gasteiger partial charge is 0.311 e. The van der Waals surface area contributed by atoms with Gasteiger partial charge >= 0.3 is 5.97 Å². The summed E-state index contributed by atoms with van der Waals surface area (Å²) < 4.78 is 10.5. The zero-order valence-corrected chi connectivity index (χ0v) is 14.7. The van der Waals surface area contributed by atoms with Gasteiger partial charge in [-0.3, -0.25) is 14.9 Å². The van der Waals surface area contributed by atoms with E-state index in [1.807, 2.05) is 31.2 Å². The number of ether oxygens (including phenoxy) is 2. The molecule has 128 valence electrons. The van der Waals surface area contributed by atoms with E-state index in [4.69, 9.17) is 9.47 Å². The molecule has 0 bridgehead atoms. The Labute approximate surface area is 144 Å². The number of amides is 1. The topological polar surface area (TPSA) is 77.5 Å². The van der Waals surface area contributed by atoms with E-state index < -0.39 is 6.10 Å². The molecule has 1 heterocycles. The van der Waals surface area contributed by atoms with Gasteiger partial charge in [0.25, 0.3) is 5.91 Å². The number of aromatic nitrogens is 1. The molecule has 0 radical (unpaired) electrons. The normalized spacial score (nSPS) is 11.6. The molecule has 1 aromatic heterocycles. The number of esters is 1. The van der Waals surface area contributed by atoms with E-state index in [1.165, 1.54) is 11.3 Å². The Morgan fingerprint density at radius 2 is 2.00 bits per heavy atom. The maximum absolute atomic E-state index is 12.2. The van der Waals surface area contributed by atoms with E-state index in [-0.39, 0.29) is 18.3 Å². The summed E-state index contributed by atoms with van der Waals surface area (Å²) in [7, 11) is 0. The van der Waals surface area contributed by atoms with Crippen molar-refractivity contribution in [1.29, 1.82) is 0 Å². The van der Waals surface area contributed by atoms with Crippen LogP contribution in [0.25, 0.3) is 0 Å². The lowest BCUT2D eigenvalue weighted by Crippen LogP contribution is -2.30. The molecule has 1 N–H and O–H groups in total. The van der Waals surface area contributed by atoms with Crippen LogP contribution in [0.3, 0.4) is 0 Å². The number of carbonyl (C=O) groups excluding carboxylic acids is 2. The molecule has 0 aliphatic heterocycles. The molecule has 0 spiro atoms. The van der Waals surface area contributed by atoms with Crippen LogP contribution >= 0.6 is 11.3 Å². The first kappa shape index (κ1) is 17.9. The predicted octanol–water partition coefficient (Wildman–Crippen LogP) is 2.96. The summed E-state index contributed by atoms with van der Waals surface area (Å²) >= 11 is 1.26. The number of nitrogens with one attached hydrogen (secondary N) is 1. The summed E-state index contributed by atoms with van der Waals surface area (Å²) in [6, 6.07) is 7.48. The van der Waals surface area contributed by atoms with Crippen LogP contribution in [0.1, 0.15) is 25.1 Å². The molecule has 24 heavy (non-hydrogen) atoms. The van der Waals surface area contributed by atoms with Crippen LogP contribution in [0, 0.1) is 6.92 Å². The van der Waals surface area contributed by atoms with Gasteiger partial charge in [0.15, 0.2) is 11.2 Å². The molecule has 1 aromatic carbocycles. The fourth-order valence-electron chi connectivity index (χ4n) is 1.89. The average molecular weight is 348 g/mol. The number of nitrogens with zero attached hydrogens (tertiary/aromatic N) is 1. The van der Waals surface area contributed by atoms with Crippen molar-refractivity contribution in [1.82, 2.24) is 4.98 Å². The molecule has 0 aliphatic rings. The van der Waals surface area contributed by atoms with Crippen LogP contribution in [0.15, 0.2) is 29.6 Å². The second kappa shape index (κ2) is 8.44. The number of hydrogen-bond donors (Lipinski definition) is 1. The highest BCUT2D eigenvalue weighted by molar-refractivity contribution is 7.13. The van der Waals surface area contributed by atoms with Crippen LogP contribution in [0.4, 0.5) is 5.13 Å². The van der Waals surface area contributed by atoms with E-state index in [0.717, 1.165) is 5.56 Å². The fraction of sp³-hybridized carbons (Fsp3) is 0.353. The van der Waals surface area contributed by atoms with Crippen LogP contribution < -0.4 is 10.1 Å². The summed E-state index contributed by atoms with van der Waals surface area (Å²) in [4.78, 5) is 27.8. The monoisotopic (exact) mass is 348 g/mol. The van der Waals surface area contributed by atoms with E-state index in [2.05, 4.69) is 10.3 Å². The molecule has 1 unspecified atom stereocenters. The van der Waals surface area contributed by atoms with Crippen molar-refractivity contribution in [2.24, 2.45) is 0 Å². The maximum Gasteiger partial charge on any atom is 0.311 e. The molecule has 0 fully saturated rings. The van der Waals surface area contributed by atoms with Crippen LogP contribution in [0.5, 0.6) is 5.75 Å². The highest BCUT2D eigenvalue weighted by Crippen LogP contribution is 2.18. The lowest BCUT2D eigenvalue weighted by Gasteiger charge is -2.13. The number of hydrogen-bond acceptors (Lipinski definition) is 6. The summed E-state index contributed by atoms with van der Waals surface area (Å²) in [5, 5.41) is 4.84. The van der Waals surface area contributed by atoms with Crippen molar-refractivity contribution in [2.45, 2.75) is 33.3 Å². The van der Waals surface area contributed by atoms with Crippen molar-refractivity contribution in [2.75, 3.05) is 11.9 Å². The molecule has 7 heteroatoms. The molecule has 1 amide bonds. The first-order valence-corrected chi connectivity index (χ1v) is 8.50. The number of carbonyl (C=O) groups is 2. The molecule has 6 nitrogen and oxygen atoms in total. The Kier molecular flexibility index (Phi) is 6.31. The number of benzene rings is 1. The third-order valence-corrected chi connectivity index (χ3v) is 3.92. The summed E-state index contributed by atoms with van der Waals surface area (Å²) in [6.45, 7) is 5.74. The summed E-state index contributed by atoms with van der Waals surface area (Å²) in [6.07, 6.45) is -0.569. The third kappa shape index (κ3) is 5.34. The largest absolute Gasteiger partial charge is 0.481 e. The molecule has 0 aliphatic carbocycles. The molecule has 0 saturated heterocycles. The number of aryl methyl sites for hydroxylation is 1. The standard InChI is InChI=1S/C17H20N2O4S/c1-4-22-15(20)9-13-10-24-17(18-13)19-16(21)12(3)23-14-7-5-11(2)6-8-14/h5-8,10,12H,4,9H2,1-3H3,(H,18,19,21). The minimum Gasteiger partial charge on any atom is -0.481 e. The second-order valence-electron chi connectivity index (χ2n) is 5.19.